The Labute approximate surface area is 184 Å². The summed E-state index contributed by atoms with van der Waals surface area (Å²) in [6, 6.07) is 1.15. The topological polar surface area (TPSA) is 98.1 Å². The highest BCUT2D eigenvalue weighted by molar-refractivity contribution is 5.97. The van der Waals surface area contributed by atoms with Crippen LogP contribution in [0, 0.1) is 11.7 Å². The Morgan fingerprint density at radius 1 is 1.22 bits per heavy atom. The van der Waals surface area contributed by atoms with Crippen LogP contribution in [-0.2, 0) is 9.53 Å². The van der Waals surface area contributed by atoms with E-state index in [4.69, 9.17) is 9.47 Å². The van der Waals surface area contributed by atoms with Crippen LogP contribution in [0.2, 0.25) is 0 Å². The quantitative estimate of drug-likeness (QED) is 0.680. The molecule has 0 bridgehead atoms. The lowest BCUT2D eigenvalue weighted by molar-refractivity contribution is -0.148. The number of nitrogens with zero attached hydrogens (tertiary/aromatic N) is 2. The van der Waals surface area contributed by atoms with Crippen LogP contribution in [0.1, 0.15) is 55.4 Å². The minimum atomic E-state index is -1.34. The first-order valence-corrected chi connectivity index (χ1v) is 11.0. The number of ether oxygens (including phenoxy) is 2. The van der Waals surface area contributed by atoms with Crippen molar-refractivity contribution < 1.29 is 28.6 Å². The van der Waals surface area contributed by atoms with Crippen molar-refractivity contribution >= 4 is 28.5 Å². The molecule has 0 amide bonds. The third-order valence-corrected chi connectivity index (χ3v) is 6.53. The maximum absolute atomic E-state index is 15.4. The number of esters is 1. The highest BCUT2D eigenvalue weighted by Crippen LogP contribution is 2.43. The Balaban J connectivity index is 1.82. The highest BCUT2D eigenvalue weighted by Gasteiger charge is 2.32. The van der Waals surface area contributed by atoms with Crippen molar-refractivity contribution in [2.24, 2.45) is 5.92 Å². The molecule has 1 aliphatic heterocycles. The normalized spacial score (nSPS) is 17.3. The average Bonchev–Trinajstić information content (AvgIpc) is 2.73. The number of fused-ring (bicyclic) bond motifs is 1. The number of rotatable bonds is 6. The fourth-order valence-corrected chi connectivity index (χ4v) is 4.64. The Morgan fingerprint density at radius 2 is 1.91 bits per heavy atom. The number of anilines is 1. The number of carboxylic acids is 1. The molecule has 0 unspecified atom stereocenters. The van der Waals surface area contributed by atoms with Crippen molar-refractivity contribution in [2.45, 2.75) is 45.1 Å². The van der Waals surface area contributed by atoms with Gasteiger partial charge in [0.1, 0.15) is 11.3 Å². The Morgan fingerprint density at radius 3 is 2.44 bits per heavy atom. The van der Waals surface area contributed by atoms with Crippen molar-refractivity contribution in [3.8, 4) is 5.75 Å². The smallest absolute Gasteiger partial charge is 0.341 e. The predicted octanol–water partition coefficient (Wildman–Crippen LogP) is 3.35. The van der Waals surface area contributed by atoms with Gasteiger partial charge in [0.15, 0.2) is 11.6 Å². The summed E-state index contributed by atoms with van der Waals surface area (Å²) in [5, 5.41) is 9.50. The SMILES string of the molecule is CCOC(=O)C1CCN(c2c(F)cc3c(=O)c(C(=O)O)cn(C4CCC4)c3c2OC)CC1. The number of aromatic nitrogens is 1. The Bertz CT molecular complexity index is 1120. The molecule has 1 saturated heterocycles. The molecule has 2 aromatic rings. The van der Waals surface area contributed by atoms with Crippen LogP contribution in [0.5, 0.6) is 5.75 Å². The van der Waals surface area contributed by atoms with E-state index in [0.29, 0.717) is 38.1 Å². The molecule has 1 aromatic carbocycles. The number of hydrogen-bond acceptors (Lipinski definition) is 6. The van der Waals surface area contributed by atoms with Crippen molar-refractivity contribution in [1.29, 1.82) is 0 Å². The zero-order valence-electron chi connectivity index (χ0n) is 18.2. The van der Waals surface area contributed by atoms with E-state index in [-0.39, 0.29) is 40.3 Å². The van der Waals surface area contributed by atoms with Crippen LogP contribution in [0.25, 0.3) is 10.9 Å². The molecular formula is C23H27FN2O6. The van der Waals surface area contributed by atoms with E-state index in [1.54, 1.807) is 11.5 Å². The highest BCUT2D eigenvalue weighted by atomic mass is 19.1. The first-order valence-electron chi connectivity index (χ1n) is 11.0. The summed E-state index contributed by atoms with van der Waals surface area (Å²) in [4.78, 5) is 38.4. The predicted molar refractivity (Wildman–Crippen MR) is 116 cm³/mol. The maximum atomic E-state index is 15.4. The zero-order chi connectivity index (χ0) is 23.0. The minimum Gasteiger partial charge on any atom is -0.492 e. The van der Waals surface area contributed by atoms with Crippen molar-refractivity contribution in [1.82, 2.24) is 4.57 Å². The molecule has 2 heterocycles. The van der Waals surface area contributed by atoms with Gasteiger partial charge in [-0.05, 0) is 45.1 Å². The van der Waals surface area contributed by atoms with Crippen molar-refractivity contribution in [2.75, 3.05) is 31.7 Å². The lowest BCUT2D eigenvalue weighted by Gasteiger charge is -2.35. The molecule has 2 aliphatic rings. The van der Waals surface area contributed by atoms with E-state index in [1.165, 1.54) is 13.3 Å². The summed E-state index contributed by atoms with van der Waals surface area (Å²) in [5.74, 6) is -2.24. The summed E-state index contributed by atoms with van der Waals surface area (Å²) >= 11 is 0. The summed E-state index contributed by atoms with van der Waals surface area (Å²) in [6.07, 6.45) is 5.09. The summed E-state index contributed by atoms with van der Waals surface area (Å²) < 4.78 is 27.9. The average molecular weight is 446 g/mol. The summed E-state index contributed by atoms with van der Waals surface area (Å²) in [6.45, 7) is 2.95. The second-order valence-electron chi connectivity index (χ2n) is 8.32. The van der Waals surface area contributed by atoms with Crippen LogP contribution < -0.4 is 15.1 Å². The number of carboxylic acid groups (broad SMARTS) is 1. The fourth-order valence-electron chi connectivity index (χ4n) is 4.64. The van der Waals surface area contributed by atoms with E-state index >= 15 is 4.39 Å². The molecule has 1 aliphatic carbocycles. The monoisotopic (exact) mass is 446 g/mol. The number of carbonyl (C=O) groups is 2. The van der Waals surface area contributed by atoms with Gasteiger partial charge in [-0.15, -0.1) is 0 Å². The van der Waals surface area contributed by atoms with E-state index < -0.39 is 17.2 Å². The number of benzene rings is 1. The third kappa shape index (κ3) is 3.69. The number of halogens is 1. The van der Waals surface area contributed by atoms with Crippen LogP contribution >= 0.6 is 0 Å². The van der Waals surface area contributed by atoms with Crippen LogP contribution in [0.4, 0.5) is 10.1 Å². The summed E-state index contributed by atoms with van der Waals surface area (Å²) in [7, 11) is 1.42. The van der Waals surface area contributed by atoms with E-state index in [1.807, 2.05) is 4.90 Å². The van der Waals surface area contributed by atoms with Gasteiger partial charge in [-0.25, -0.2) is 9.18 Å². The van der Waals surface area contributed by atoms with Gasteiger partial charge in [-0.2, -0.15) is 0 Å². The molecule has 0 atom stereocenters. The number of carbonyl (C=O) groups excluding carboxylic acids is 1. The van der Waals surface area contributed by atoms with E-state index in [2.05, 4.69) is 0 Å². The van der Waals surface area contributed by atoms with Gasteiger partial charge in [0.05, 0.1) is 30.5 Å². The molecule has 32 heavy (non-hydrogen) atoms. The molecule has 2 fully saturated rings. The molecule has 172 valence electrons. The first-order chi connectivity index (χ1) is 15.4. The van der Waals surface area contributed by atoms with Gasteiger partial charge in [-0.3, -0.25) is 9.59 Å². The zero-order valence-corrected chi connectivity index (χ0v) is 18.2. The second kappa shape index (κ2) is 8.80. The van der Waals surface area contributed by atoms with Gasteiger partial charge >= 0.3 is 11.9 Å². The number of hydrogen-bond donors (Lipinski definition) is 1. The molecule has 8 nitrogen and oxygen atoms in total. The van der Waals surface area contributed by atoms with Gasteiger partial charge in [0.25, 0.3) is 0 Å². The molecule has 9 heteroatoms. The fraction of sp³-hybridized carbons (Fsp3) is 0.522. The van der Waals surface area contributed by atoms with E-state index in [9.17, 15) is 19.5 Å². The molecule has 0 radical (unpaired) electrons. The molecule has 0 spiro atoms. The molecule has 1 N–H and O–H groups in total. The largest absolute Gasteiger partial charge is 0.492 e. The van der Waals surface area contributed by atoms with Crippen LogP contribution in [-0.4, -0.2) is 48.4 Å². The van der Waals surface area contributed by atoms with Gasteiger partial charge in [0, 0.05) is 25.3 Å². The molecule has 4 rings (SSSR count). The van der Waals surface area contributed by atoms with Gasteiger partial charge in [-0.1, -0.05) is 0 Å². The second-order valence-corrected chi connectivity index (χ2v) is 8.32. The number of methoxy groups -OCH3 is 1. The first kappa shape index (κ1) is 22.1. The number of pyridine rings is 1. The number of piperidine rings is 1. The molecule has 1 aromatic heterocycles. The van der Waals surface area contributed by atoms with Crippen molar-refractivity contribution in [3.05, 3.63) is 33.9 Å². The summed E-state index contributed by atoms with van der Waals surface area (Å²) in [5.41, 5.74) is -0.462. The molecular weight excluding hydrogens is 419 g/mol. The van der Waals surface area contributed by atoms with Gasteiger partial charge < -0.3 is 24.0 Å². The Kier molecular flexibility index (Phi) is 6.08. The lowest BCUT2D eigenvalue weighted by atomic mass is 9.91. The Hall–Kier alpha value is -3.10. The van der Waals surface area contributed by atoms with Crippen LogP contribution in [0.3, 0.4) is 0 Å². The van der Waals surface area contributed by atoms with Crippen molar-refractivity contribution in [3.63, 3.8) is 0 Å². The molecule has 1 saturated carbocycles. The number of aromatic carboxylic acids is 1. The minimum absolute atomic E-state index is 0.00342. The third-order valence-electron chi connectivity index (χ3n) is 6.53. The lowest BCUT2D eigenvalue weighted by Crippen LogP contribution is -2.37. The van der Waals surface area contributed by atoms with Gasteiger partial charge in [0.2, 0.25) is 5.43 Å². The van der Waals surface area contributed by atoms with E-state index in [0.717, 1.165) is 25.3 Å². The maximum Gasteiger partial charge on any atom is 0.341 e. The standard InChI is InChI=1S/C23H27FN2O6/c1-3-32-23(30)13-7-9-25(10-8-13)19-17(24)11-15-18(21(19)31-2)26(14-5-4-6-14)12-16(20(15)27)22(28)29/h11-14H,3-10H2,1-2H3,(H,28,29). The van der Waals surface area contributed by atoms with Crippen LogP contribution in [0.15, 0.2) is 17.1 Å².